The van der Waals surface area contributed by atoms with E-state index in [0.717, 1.165) is 41.3 Å². The van der Waals surface area contributed by atoms with E-state index >= 15 is 0 Å². The van der Waals surface area contributed by atoms with Gasteiger partial charge in [0.25, 0.3) is 0 Å². The molecule has 102 valence electrons. The number of imidazole rings is 1. The van der Waals surface area contributed by atoms with Gasteiger partial charge in [-0.25, -0.2) is 4.98 Å². The molecular weight excluding hydrogens is 248 g/mol. The van der Waals surface area contributed by atoms with E-state index in [1.165, 1.54) is 0 Å². The third kappa shape index (κ3) is 2.16. The number of para-hydroxylation sites is 4. The van der Waals surface area contributed by atoms with E-state index in [1.807, 2.05) is 43.3 Å². The van der Waals surface area contributed by atoms with Crippen LogP contribution in [0, 0.1) is 6.92 Å². The predicted molar refractivity (Wildman–Crippen MR) is 81.6 cm³/mol. The van der Waals surface area contributed by atoms with Crippen LogP contribution in [0.1, 0.15) is 19.2 Å². The lowest BCUT2D eigenvalue weighted by atomic mass is 10.2. The minimum Gasteiger partial charge on any atom is -0.491 e. The average molecular weight is 266 g/mol. The van der Waals surface area contributed by atoms with Gasteiger partial charge in [-0.05, 0) is 37.6 Å². The maximum Gasteiger partial charge on any atom is 0.143 e. The molecule has 0 radical (unpaired) electrons. The minimum atomic E-state index is 0.725. The number of nitrogens with zero attached hydrogens (tertiary/aromatic N) is 2. The number of aromatic nitrogens is 2. The average Bonchev–Trinajstić information content (AvgIpc) is 2.81. The third-order valence-electron chi connectivity index (χ3n) is 3.30. The van der Waals surface area contributed by atoms with Crippen LogP contribution in [0.4, 0.5) is 0 Å². The number of hydrogen-bond acceptors (Lipinski definition) is 2. The first-order chi connectivity index (χ1) is 9.81. The molecule has 3 rings (SSSR count). The summed E-state index contributed by atoms with van der Waals surface area (Å²) in [5, 5.41) is 0. The van der Waals surface area contributed by atoms with Crippen LogP contribution in [-0.2, 0) is 0 Å². The molecule has 0 fully saturated rings. The van der Waals surface area contributed by atoms with Crippen molar-refractivity contribution in [2.75, 3.05) is 6.61 Å². The molecule has 1 aromatic heterocycles. The van der Waals surface area contributed by atoms with Gasteiger partial charge < -0.3 is 4.74 Å². The summed E-state index contributed by atoms with van der Waals surface area (Å²) in [7, 11) is 0. The van der Waals surface area contributed by atoms with Crippen molar-refractivity contribution in [3.8, 4) is 11.4 Å². The van der Waals surface area contributed by atoms with Gasteiger partial charge in [-0.1, -0.05) is 31.2 Å². The van der Waals surface area contributed by atoms with Crippen molar-refractivity contribution in [2.45, 2.75) is 20.3 Å². The number of hydrogen-bond donors (Lipinski definition) is 0. The summed E-state index contributed by atoms with van der Waals surface area (Å²) in [5.41, 5.74) is 3.17. The normalized spacial score (nSPS) is 10.9. The van der Waals surface area contributed by atoms with Crippen LogP contribution in [0.25, 0.3) is 16.7 Å². The second-order valence-electron chi connectivity index (χ2n) is 4.80. The smallest absolute Gasteiger partial charge is 0.143 e. The van der Waals surface area contributed by atoms with E-state index in [4.69, 9.17) is 4.74 Å². The number of ether oxygens (including phenoxy) is 1. The fourth-order valence-corrected chi connectivity index (χ4v) is 2.43. The van der Waals surface area contributed by atoms with Gasteiger partial charge in [0.15, 0.2) is 0 Å². The Bertz CT molecular complexity index is 731. The van der Waals surface area contributed by atoms with Crippen molar-refractivity contribution >= 4 is 11.0 Å². The van der Waals surface area contributed by atoms with Gasteiger partial charge in [0.1, 0.15) is 11.6 Å². The lowest BCUT2D eigenvalue weighted by Gasteiger charge is -2.13. The number of rotatable bonds is 4. The van der Waals surface area contributed by atoms with Crippen LogP contribution in [0.3, 0.4) is 0 Å². The first-order valence-electron chi connectivity index (χ1n) is 6.97. The Morgan fingerprint density at radius 3 is 2.65 bits per heavy atom. The Morgan fingerprint density at radius 2 is 1.80 bits per heavy atom. The second kappa shape index (κ2) is 5.37. The van der Waals surface area contributed by atoms with Crippen LogP contribution in [0.15, 0.2) is 48.5 Å². The van der Waals surface area contributed by atoms with Crippen LogP contribution < -0.4 is 4.74 Å². The summed E-state index contributed by atoms with van der Waals surface area (Å²) >= 11 is 0. The highest BCUT2D eigenvalue weighted by Gasteiger charge is 2.12. The molecule has 0 aliphatic heterocycles. The molecule has 1 heterocycles. The fraction of sp³-hybridized carbons (Fsp3) is 0.235. The molecule has 0 saturated carbocycles. The molecule has 2 aromatic carbocycles. The molecule has 3 nitrogen and oxygen atoms in total. The lowest BCUT2D eigenvalue weighted by molar-refractivity contribution is 0.316. The Balaban J connectivity index is 2.18. The van der Waals surface area contributed by atoms with Crippen LogP contribution in [0.2, 0.25) is 0 Å². The van der Waals surface area contributed by atoms with Gasteiger partial charge in [0, 0.05) is 0 Å². The highest BCUT2D eigenvalue weighted by molar-refractivity contribution is 5.78. The van der Waals surface area contributed by atoms with Crippen molar-refractivity contribution in [3.05, 3.63) is 54.4 Å². The molecule has 0 atom stereocenters. The molecule has 3 heteroatoms. The number of benzene rings is 2. The monoisotopic (exact) mass is 266 g/mol. The zero-order valence-electron chi connectivity index (χ0n) is 11.8. The highest BCUT2D eigenvalue weighted by Crippen LogP contribution is 2.28. The fourth-order valence-electron chi connectivity index (χ4n) is 2.43. The second-order valence-corrected chi connectivity index (χ2v) is 4.80. The lowest BCUT2D eigenvalue weighted by Crippen LogP contribution is -2.03. The van der Waals surface area contributed by atoms with Crippen LogP contribution in [0.5, 0.6) is 5.75 Å². The van der Waals surface area contributed by atoms with Gasteiger partial charge in [0.05, 0.1) is 23.3 Å². The Kier molecular flexibility index (Phi) is 3.42. The Hall–Kier alpha value is -2.29. The zero-order chi connectivity index (χ0) is 13.9. The molecular formula is C17H18N2O. The van der Waals surface area contributed by atoms with E-state index in [1.54, 1.807) is 0 Å². The van der Waals surface area contributed by atoms with Gasteiger partial charge in [-0.15, -0.1) is 0 Å². The Morgan fingerprint density at radius 1 is 1.05 bits per heavy atom. The number of aryl methyl sites for hydroxylation is 1. The molecule has 3 aromatic rings. The van der Waals surface area contributed by atoms with Crippen molar-refractivity contribution in [1.29, 1.82) is 0 Å². The zero-order valence-corrected chi connectivity index (χ0v) is 11.8. The van der Waals surface area contributed by atoms with Gasteiger partial charge in [-0.2, -0.15) is 0 Å². The standard InChI is InChI=1S/C17H18N2O/c1-3-12-20-17-11-7-6-10-16(17)19-13(2)18-14-8-4-5-9-15(14)19/h4-11H,3,12H2,1-2H3. The molecule has 0 spiro atoms. The molecule has 0 amide bonds. The van der Waals surface area contributed by atoms with Crippen LogP contribution in [-0.4, -0.2) is 16.2 Å². The number of fused-ring (bicyclic) bond motifs is 1. The molecule has 0 aliphatic carbocycles. The van der Waals surface area contributed by atoms with Crippen molar-refractivity contribution in [1.82, 2.24) is 9.55 Å². The minimum absolute atomic E-state index is 0.725. The summed E-state index contributed by atoms with van der Waals surface area (Å²) in [5.74, 6) is 1.87. The summed E-state index contributed by atoms with van der Waals surface area (Å²) in [6.45, 7) is 4.86. The third-order valence-corrected chi connectivity index (χ3v) is 3.30. The molecule has 0 bridgehead atoms. The van der Waals surface area contributed by atoms with Crippen LogP contribution >= 0.6 is 0 Å². The Labute approximate surface area is 118 Å². The highest BCUT2D eigenvalue weighted by atomic mass is 16.5. The summed E-state index contributed by atoms with van der Waals surface area (Å²) < 4.78 is 8.02. The summed E-state index contributed by atoms with van der Waals surface area (Å²) in [4.78, 5) is 4.62. The molecule has 0 N–H and O–H groups in total. The first kappa shape index (κ1) is 12.7. The van der Waals surface area contributed by atoms with Gasteiger partial charge >= 0.3 is 0 Å². The van der Waals surface area contributed by atoms with Gasteiger partial charge in [0.2, 0.25) is 0 Å². The quantitative estimate of drug-likeness (QED) is 0.710. The molecule has 0 unspecified atom stereocenters. The predicted octanol–water partition coefficient (Wildman–Crippen LogP) is 4.12. The maximum absolute atomic E-state index is 5.87. The van der Waals surface area contributed by atoms with Crippen molar-refractivity contribution in [2.24, 2.45) is 0 Å². The van der Waals surface area contributed by atoms with E-state index in [9.17, 15) is 0 Å². The van der Waals surface area contributed by atoms with E-state index < -0.39 is 0 Å². The largest absolute Gasteiger partial charge is 0.491 e. The van der Waals surface area contributed by atoms with E-state index in [2.05, 4.69) is 28.6 Å². The first-order valence-corrected chi connectivity index (χ1v) is 6.97. The maximum atomic E-state index is 5.87. The summed E-state index contributed by atoms with van der Waals surface area (Å²) in [6, 6.07) is 16.3. The molecule has 20 heavy (non-hydrogen) atoms. The van der Waals surface area contributed by atoms with E-state index in [0.29, 0.717) is 0 Å². The SMILES string of the molecule is CCCOc1ccccc1-n1c(C)nc2ccccc21. The van der Waals surface area contributed by atoms with E-state index in [-0.39, 0.29) is 0 Å². The molecule has 0 saturated heterocycles. The molecule has 0 aliphatic rings. The summed E-state index contributed by atoms with van der Waals surface area (Å²) in [6.07, 6.45) is 0.998. The van der Waals surface area contributed by atoms with Gasteiger partial charge in [-0.3, -0.25) is 4.57 Å². The van der Waals surface area contributed by atoms with Crippen molar-refractivity contribution < 1.29 is 4.74 Å². The topological polar surface area (TPSA) is 27.1 Å². The van der Waals surface area contributed by atoms with Crippen molar-refractivity contribution in [3.63, 3.8) is 0 Å².